The first-order valence-corrected chi connectivity index (χ1v) is 6.76. The van der Waals surface area contributed by atoms with Gasteiger partial charge in [0, 0.05) is 26.2 Å². The molecule has 7 nitrogen and oxygen atoms in total. The van der Waals surface area contributed by atoms with Crippen LogP contribution in [0.1, 0.15) is 26.2 Å². The molecule has 0 aromatic heterocycles. The number of piperazine rings is 1. The van der Waals surface area contributed by atoms with E-state index in [9.17, 15) is 9.59 Å². The molecule has 0 aliphatic carbocycles. The molecule has 0 aromatic rings. The summed E-state index contributed by atoms with van der Waals surface area (Å²) in [5.41, 5.74) is 2.69. The normalized spacial score (nSPS) is 18.8. The van der Waals surface area contributed by atoms with Gasteiger partial charge in [-0.15, -0.1) is 0 Å². The van der Waals surface area contributed by atoms with Gasteiger partial charge >= 0.3 is 12.0 Å². The summed E-state index contributed by atoms with van der Waals surface area (Å²) in [6.45, 7) is 5.26. The summed E-state index contributed by atoms with van der Waals surface area (Å²) >= 11 is 0. The highest BCUT2D eigenvalue weighted by molar-refractivity contribution is 5.82. The Labute approximate surface area is 113 Å². The van der Waals surface area contributed by atoms with Gasteiger partial charge in [0.1, 0.15) is 6.04 Å². The molecule has 1 rings (SSSR count). The number of hydrogen-bond acceptors (Lipinski definition) is 4. The Balaban J connectivity index is 2.33. The molecule has 7 heteroatoms. The van der Waals surface area contributed by atoms with Gasteiger partial charge in [0.05, 0.1) is 0 Å². The second kappa shape index (κ2) is 7.96. The van der Waals surface area contributed by atoms with E-state index in [4.69, 9.17) is 5.11 Å². The minimum Gasteiger partial charge on any atom is -0.480 e. The molecule has 0 aromatic carbocycles. The Morgan fingerprint density at radius 2 is 1.89 bits per heavy atom. The molecule has 1 saturated heterocycles. The van der Waals surface area contributed by atoms with E-state index in [1.165, 1.54) is 0 Å². The topological polar surface area (TPSA) is 84.9 Å². The SMILES string of the molecule is CCCC[C@H](NC(=O)NN1CCN(C)CC1)C(=O)O. The van der Waals surface area contributed by atoms with E-state index in [0.717, 1.165) is 39.0 Å². The standard InChI is InChI=1S/C12H24N4O3/c1-3-4-5-10(11(17)18)13-12(19)14-16-8-6-15(2)7-9-16/h10H,3-9H2,1-2H3,(H,17,18)(H2,13,14,19)/t10-/m0/s1. The van der Waals surface area contributed by atoms with Gasteiger partial charge in [-0.2, -0.15) is 0 Å². The first kappa shape index (κ1) is 15.7. The molecular formula is C12H24N4O3. The van der Waals surface area contributed by atoms with Crippen LogP contribution in [0.2, 0.25) is 0 Å². The number of carbonyl (C=O) groups is 2. The van der Waals surface area contributed by atoms with Crippen molar-refractivity contribution in [2.75, 3.05) is 33.2 Å². The van der Waals surface area contributed by atoms with E-state index in [1.54, 1.807) is 0 Å². The molecule has 0 saturated carbocycles. The van der Waals surface area contributed by atoms with E-state index < -0.39 is 18.0 Å². The molecule has 2 amide bonds. The second-order valence-corrected chi connectivity index (χ2v) is 4.91. The van der Waals surface area contributed by atoms with Crippen LogP contribution in [-0.4, -0.2) is 66.3 Å². The van der Waals surface area contributed by atoms with E-state index in [2.05, 4.69) is 15.6 Å². The predicted molar refractivity (Wildman–Crippen MR) is 71.7 cm³/mol. The summed E-state index contributed by atoms with van der Waals surface area (Å²) in [6.07, 6.45) is 2.15. The summed E-state index contributed by atoms with van der Waals surface area (Å²) < 4.78 is 0. The number of carbonyl (C=O) groups excluding carboxylic acids is 1. The van der Waals surface area contributed by atoms with Crippen LogP contribution >= 0.6 is 0 Å². The third-order valence-electron chi connectivity index (χ3n) is 3.21. The first-order valence-electron chi connectivity index (χ1n) is 6.76. The Kier molecular flexibility index (Phi) is 6.58. The summed E-state index contributed by atoms with van der Waals surface area (Å²) in [4.78, 5) is 24.9. The van der Waals surface area contributed by atoms with Gasteiger partial charge in [0.2, 0.25) is 0 Å². The molecule has 1 heterocycles. The molecule has 1 atom stereocenters. The molecule has 1 fully saturated rings. The number of nitrogens with zero attached hydrogens (tertiary/aromatic N) is 2. The number of likely N-dealkylation sites (N-methyl/N-ethyl adjacent to an activating group) is 1. The molecule has 0 unspecified atom stereocenters. The Bertz CT molecular complexity index is 303. The lowest BCUT2D eigenvalue weighted by molar-refractivity contribution is -0.139. The van der Waals surface area contributed by atoms with Crippen molar-refractivity contribution in [2.45, 2.75) is 32.2 Å². The van der Waals surface area contributed by atoms with Crippen LogP contribution in [0, 0.1) is 0 Å². The van der Waals surface area contributed by atoms with Gasteiger partial charge < -0.3 is 15.3 Å². The van der Waals surface area contributed by atoms with Crippen molar-refractivity contribution >= 4 is 12.0 Å². The minimum atomic E-state index is -0.984. The smallest absolute Gasteiger partial charge is 0.330 e. The number of rotatable bonds is 6. The van der Waals surface area contributed by atoms with Crippen LogP contribution in [-0.2, 0) is 4.79 Å². The Morgan fingerprint density at radius 3 is 2.42 bits per heavy atom. The van der Waals surface area contributed by atoms with E-state index in [-0.39, 0.29) is 0 Å². The van der Waals surface area contributed by atoms with Crippen LogP contribution in [0.15, 0.2) is 0 Å². The number of hydrazine groups is 1. The average Bonchev–Trinajstić information content (AvgIpc) is 2.37. The molecule has 0 radical (unpaired) electrons. The Morgan fingerprint density at radius 1 is 1.26 bits per heavy atom. The average molecular weight is 272 g/mol. The van der Waals surface area contributed by atoms with Crippen LogP contribution in [0.3, 0.4) is 0 Å². The van der Waals surface area contributed by atoms with Gasteiger partial charge in [-0.1, -0.05) is 19.8 Å². The molecule has 0 spiro atoms. The van der Waals surface area contributed by atoms with Crippen molar-refractivity contribution in [3.05, 3.63) is 0 Å². The van der Waals surface area contributed by atoms with Crippen molar-refractivity contribution in [2.24, 2.45) is 0 Å². The van der Waals surface area contributed by atoms with Crippen LogP contribution in [0.4, 0.5) is 4.79 Å². The van der Waals surface area contributed by atoms with Crippen LogP contribution in [0.25, 0.3) is 0 Å². The number of urea groups is 1. The summed E-state index contributed by atoms with van der Waals surface area (Å²) in [7, 11) is 2.03. The summed E-state index contributed by atoms with van der Waals surface area (Å²) in [6, 6.07) is -1.25. The number of carboxylic acid groups (broad SMARTS) is 1. The monoisotopic (exact) mass is 272 g/mol. The number of unbranched alkanes of at least 4 members (excludes halogenated alkanes) is 1. The zero-order valence-corrected chi connectivity index (χ0v) is 11.7. The summed E-state index contributed by atoms with van der Waals surface area (Å²) in [5.74, 6) is -0.984. The minimum absolute atomic E-state index is 0.437. The third kappa shape index (κ3) is 5.89. The molecule has 1 aliphatic heterocycles. The number of carboxylic acids is 1. The molecular weight excluding hydrogens is 248 g/mol. The quantitative estimate of drug-likeness (QED) is 0.638. The van der Waals surface area contributed by atoms with E-state index in [1.807, 2.05) is 19.0 Å². The highest BCUT2D eigenvalue weighted by atomic mass is 16.4. The number of hydrogen-bond donors (Lipinski definition) is 3. The first-order chi connectivity index (χ1) is 9.02. The lowest BCUT2D eigenvalue weighted by Gasteiger charge is -2.32. The highest BCUT2D eigenvalue weighted by Crippen LogP contribution is 2.01. The van der Waals surface area contributed by atoms with Crippen molar-refractivity contribution in [1.29, 1.82) is 0 Å². The zero-order chi connectivity index (χ0) is 14.3. The number of aliphatic carboxylic acids is 1. The lowest BCUT2D eigenvalue weighted by atomic mass is 10.1. The Hall–Kier alpha value is -1.34. The zero-order valence-electron chi connectivity index (χ0n) is 11.7. The fourth-order valence-electron chi connectivity index (χ4n) is 1.92. The largest absolute Gasteiger partial charge is 0.480 e. The highest BCUT2D eigenvalue weighted by Gasteiger charge is 2.21. The molecule has 1 aliphatic rings. The number of amides is 2. The second-order valence-electron chi connectivity index (χ2n) is 4.91. The molecule has 19 heavy (non-hydrogen) atoms. The van der Waals surface area contributed by atoms with Crippen LogP contribution in [0.5, 0.6) is 0 Å². The van der Waals surface area contributed by atoms with Crippen molar-refractivity contribution in [3.63, 3.8) is 0 Å². The lowest BCUT2D eigenvalue weighted by Crippen LogP contribution is -2.56. The predicted octanol–water partition coefficient (Wildman–Crippen LogP) is 0.0914. The van der Waals surface area contributed by atoms with Gasteiger partial charge in [-0.3, -0.25) is 5.43 Å². The van der Waals surface area contributed by atoms with E-state index in [0.29, 0.717) is 6.42 Å². The van der Waals surface area contributed by atoms with Crippen molar-refractivity contribution in [1.82, 2.24) is 20.7 Å². The number of nitrogens with one attached hydrogen (secondary N) is 2. The van der Waals surface area contributed by atoms with E-state index >= 15 is 0 Å². The third-order valence-corrected chi connectivity index (χ3v) is 3.21. The fourth-order valence-corrected chi connectivity index (χ4v) is 1.92. The van der Waals surface area contributed by atoms with Gasteiger partial charge in [0.15, 0.2) is 0 Å². The van der Waals surface area contributed by atoms with Crippen molar-refractivity contribution in [3.8, 4) is 0 Å². The maximum Gasteiger partial charge on any atom is 0.330 e. The van der Waals surface area contributed by atoms with Crippen molar-refractivity contribution < 1.29 is 14.7 Å². The maximum absolute atomic E-state index is 11.7. The summed E-state index contributed by atoms with van der Waals surface area (Å²) in [5, 5.41) is 13.3. The maximum atomic E-state index is 11.7. The molecule has 3 N–H and O–H groups in total. The molecule has 110 valence electrons. The van der Waals surface area contributed by atoms with Crippen LogP contribution < -0.4 is 10.7 Å². The molecule has 0 bridgehead atoms. The van der Waals surface area contributed by atoms with Gasteiger partial charge in [-0.25, -0.2) is 14.6 Å². The van der Waals surface area contributed by atoms with Gasteiger partial charge in [0.25, 0.3) is 0 Å². The fraction of sp³-hybridized carbons (Fsp3) is 0.833. The van der Waals surface area contributed by atoms with Gasteiger partial charge in [-0.05, 0) is 13.5 Å².